The Kier molecular flexibility index (Phi) is 5.24. The second-order valence-electron chi connectivity index (χ2n) is 7.30. The molecular weight excluding hydrogens is 395 g/mol. The Balaban J connectivity index is 0.00000169. The van der Waals surface area contributed by atoms with Gasteiger partial charge in [-0.15, -0.1) is 12.4 Å². The van der Waals surface area contributed by atoms with E-state index in [9.17, 15) is 9.18 Å². The molecule has 1 unspecified atom stereocenters. The van der Waals surface area contributed by atoms with Gasteiger partial charge in [0.15, 0.2) is 0 Å². The van der Waals surface area contributed by atoms with E-state index in [0.29, 0.717) is 18.2 Å². The molecule has 0 aromatic heterocycles. The number of carbonyl (C=O) groups is 1. The minimum absolute atomic E-state index is 0. The van der Waals surface area contributed by atoms with Gasteiger partial charge in [0.1, 0.15) is 5.82 Å². The van der Waals surface area contributed by atoms with Gasteiger partial charge in [-0.25, -0.2) is 4.39 Å². The van der Waals surface area contributed by atoms with Gasteiger partial charge in [0.05, 0.1) is 0 Å². The highest BCUT2D eigenvalue weighted by atomic mass is 79.9. The van der Waals surface area contributed by atoms with Crippen molar-refractivity contribution in [2.45, 2.75) is 44.7 Å². The Morgan fingerprint density at radius 1 is 1.33 bits per heavy atom. The van der Waals surface area contributed by atoms with Crippen LogP contribution in [0.2, 0.25) is 0 Å². The van der Waals surface area contributed by atoms with E-state index in [1.165, 1.54) is 6.07 Å². The zero-order valence-corrected chi connectivity index (χ0v) is 16.0. The zero-order valence-electron chi connectivity index (χ0n) is 13.6. The monoisotopic (exact) mass is 416 g/mol. The molecule has 1 aliphatic heterocycles. The van der Waals surface area contributed by atoms with E-state index in [4.69, 9.17) is 0 Å². The maximum atomic E-state index is 14.1. The largest absolute Gasteiger partial charge is 0.335 e. The van der Waals surface area contributed by atoms with E-state index in [-0.39, 0.29) is 35.5 Å². The molecule has 1 spiro atoms. The molecule has 6 heteroatoms. The molecule has 1 N–H and O–H groups in total. The molecule has 3 aliphatic rings. The van der Waals surface area contributed by atoms with Crippen LogP contribution in [-0.4, -0.2) is 29.9 Å². The van der Waals surface area contributed by atoms with Crippen molar-refractivity contribution in [3.05, 3.63) is 34.1 Å². The van der Waals surface area contributed by atoms with Gasteiger partial charge in [0.25, 0.3) is 0 Å². The molecule has 2 saturated carbocycles. The molecule has 1 aromatic carbocycles. The van der Waals surface area contributed by atoms with Gasteiger partial charge in [0.2, 0.25) is 5.91 Å². The van der Waals surface area contributed by atoms with Crippen molar-refractivity contribution in [1.29, 1.82) is 0 Å². The molecule has 3 fully saturated rings. The average Bonchev–Trinajstić information content (AvgIpc) is 3.45. The van der Waals surface area contributed by atoms with E-state index < -0.39 is 0 Å². The van der Waals surface area contributed by atoms with Gasteiger partial charge in [-0.1, -0.05) is 15.9 Å². The molecule has 3 nitrogen and oxygen atoms in total. The summed E-state index contributed by atoms with van der Waals surface area (Å²) in [6.07, 6.45) is 5.35. The third-order valence-electron chi connectivity index (χ3n) is 5.71. The fraction of sp³-hybridized carbons (Fsp3) is 0.611. The van der Waals surface area contributed by atoms with Crippen LogP contribution in [0.3, 0.4) is 0 Å². The van der Waals surface area contributed by atoms with Gasteiger partial charge >= 0.3 is 0 Å². The number of hydrogen-bond acceptors (Lipinski definition) is 2. The summed E-state index contributed by atoms with van der Waals surface area (Å²) in [5.41, 5.74) is 0.852. The van der Waals surface area contributed by atoms with Crippen LogP contribution in [0.4, 0.5) is 4.39 Å². The summed E-state index contributed by atoms with van der Waals surface area (Å²) in [7, 11) is 0. The quantitative estimate of drug-likeness (QED) is 0.806. The SMILES string of the molecule is Cl.O=C(C1CC12CCNCC2)N(Cc1cc(Br)ccc1F)C1CC1. The fourth-order valence-corrected chi connectivity index (χ4v) is 4.40. The fourth-order valence-electron chi connectivity index (χ4n) is 4.00. The molecule has 1 heterocycles. The molecule has 0 radical (unpaired) electrons. The first-order chi connectivity index (χ1) is 11.1. The van der Waals surface area contributed by atoms with E-state index in [2.05, 4.69) is 21.2 Å². The highest BCUT2D eigenvalue weighted by Crippen LogP contribution is 2.59. The first-order valence-corrected chi connectivity index (χ1v) is 9.33. The predicted molar refractivity (Wildman–Crippen MR) is 97.6 cm³/mol. The molecule has 24 heavy (non-hydrogen) atoms. The molecule has 132 valence electrons. The van der Waals surface area contributed by atoms with Gasteiger partial charge < -0.3 is 10.2 Å². The number of hydrogen-bond donors (Lipinski definition) is 1. The van der Waals surface area contributed by atoms with Gasteiger partial charge in [0, 0.05) is 28.5 Å². The minimum atomic E-state index is -0.223. The lowest BCUT2D eigenvalue weighted by Crippen LogP contribution is -2.37. The predicted octanol–water partition coefficient (Wildman–Crippen LogP) is 3.89. The Bertz CT molecular complexity index is 631. The number of halogens is 3. The molecule has 1 amide bonds. The standard InChI is InChI=1S/C18H22BrFN2O.ClH/c19-13-1-4-16(20)12(9-13)11-22(14-2-3-14)17(23)15-10-18(15)5-7-21-8-6-18;/h1,4,9,14-15,21H,2-3,5-8,10-11H2;1H. The lowest BCUT2D eigenvalue weighted by molar-refractivity contribution is -0.134. The first-order valence-electron chi connectivity index (χ1n) is 8.54. The van der Waals surface area contributed by atoms with Crippen LogP contribution in [0.5, 0.6) is 0 Å². The summed E-state index contributed by atoms with van der Waals surface area (Å²) >= 11 is 3.40. The lowest BCUT2D eigenvalue weighted by atomic mass is 9.91. The number of amides is 1. The third kappa shape index (κ3) is 3.49. The second kappa shape index (κ2) is 6.93. The van der Waals surface area contributed by atoms with E-state index in [0.717, 1.165) is 49.7 Å². The number of rotatable bonds is 4. The van der Waals surface area contributed by atoms with E-state index in [1.54, 1.807) is 12.1 Å². The van der Waals surface area contributed by atoms with Crippen molar-refractivity contribution in [1.82, 2.24) is 10.2 Å². The highest BCUT2D eigenvalue weighted by Gasteiger charge is 2.59. The molecule has 2 aliphatic carbocycles. The summed E-state index contributed by atoms with van der Waals surface area (Å²) in [5.74, 6) is 0.202. The Morgan fingerprint density at radius 3 is 2.71 bits per heavy atom. The molecule has 1 aromatic rings. The van der Waals surface area contributed by atoms with Gasteiger partial charge in [-0.3, -0.25) is 4.79 Å². The van der Waals surface area contributed by atoms with Crippen molar-refractivity contribution >= 4 is 34.2 Å². The van der Waals surface area contributed by atoms with Crippen LogP contribution >= 0.6 is 28.3 Å². The number of benzene rings is 1. The third-order valence-corrected chi connectivity index (χ3v) is 6.20. The maximum Gasteiger partial charge on any atom is 0.226 e. The molecule has 0 bridgehead atoms. The lowest BCUT2D eigenvalue weighted by Gasteiger charge is -2.27. The van der Waals surface area contributed by atoms with Crippen LogP contribution in [0.15, 0.2) is 22.7 Å². The van der Waals surface area contributed by atoms with Crippen LogP contribution in [0, 0.1) is 17.2 Å². The van der Waals surface area contributed by atoms with Crippen molar-refractivity contribution in [2.24, 2.45) is 11.3 Å². The summed E-state index contributed by atoms with van der Waals surface area (Å²) in [5, 5.41) is 3.38. The smallest absolute Gasteiger partial charge is 0.226 e. The molecule has 4 rings (SSSR count). The second-order valence-corrected chi connectivity index (χ2v) is 8.22. The highest BCUT2D eigenvalue weighted by molar-refractivity contribution is 9.10. The van der Waals surface area contributed by atoms with Gasteiger partial charge in [-0.05, 0) is 68.8 Å². The summed E-state index contributed by atoms with van der Waals surface area (Å²) in [6, 6.07) is 5.29. The van der Waals surface area contributed by atoms with Crippen LogP contribution in [-0.2, 0) is 11.3 Å². The number of nitrogens with one attached hydrogen (secondary N) is 1. The summed E-state index contributed by atoms with van der Waals surface area (Å²) in [4.78, 5) is 15.0. The van der Waals surface area contributed by atoms with E-state index >= 15 is 0 Å². The number of piperidine rings is 1. The van der Waals surface area contributed by atoms with Gasteiger partial charge in [-0.2, -0.15) is 0 Å². The van der Waals surface area contributed by atoms with Crippen molar-refractivity contribution in [3.8, 4) is 0 Å². The molecular formula is C18H23BrClFN2O. The minimum Gasteiger partial charge on any atom is -0.335 e. The van der Waals surface area contributed by atoms with Crippen molar-refractivity contribution in [2.75, 3.05) is 13.1 Å². The molecule has 1 atom stereocenters. The number of carbonyl (C=O) groups excluding carboxylic acids is 1. The summed E-state index contributed by atoms with van der Waals surface area (Å²) < 4.78 is 14.9. The average molecular weight is 418 g/mol. The molecule has 1 saturated heterocycles. The Morgan fingerprint density at radius 2 is 2.04 bits per heavy atom. The van der Waals surface area contributed by atoms with Crippen molar-refractivity contribution < 1.29 is 9.18 Å². The Hall–Kier alpha value is -0.650. The Labute approximate surface area is 156 Å². The number of nitrogens with zero attached hydrogens (tertiary/aromatic N) is 1. The van der Waals surface area contributed by atoms with Crippen molar-refractivity contribution in [3.63, 3.8) is 0 Å². The first kappa shape index (κ1) is 18.2. The van der Waals surface area contributed by atoms with Crippen LogP contribution in [0.25, 0.3) is 0 Å². The topological polar surface area (TPSA) is 32.3 Å². The summed E-state index contributed by atoms with van der Waals surface area (Å²) in [6.45, 7) is 2.44. The maximum absolute atomic E-state index is 14.1. The van der Waals surface area contributed by atoms with Crippen LogP contribution in [0.1, 0.15) is 37.7 Å². The zero-order chi connectivity index (χ0) is 16.0. The van der Waals surface area contributed by atoms with E-state index in [1.807, 2.05) is 4.90 Å². The van der Waals surface area contributed by atoms with Crippen LogP contribution < -0.4 is 5.32 Å². The normalized spacial score (nSPS) is 24.3.